The van der Waals surface area contributed by atoms with Crippen LogP contribution in [0.15, 0.2) is 34.9 Å². The van der Waals surface area contributed by atoms with Crippen LogP contribution in [0.5, 0.6) is 0 Å². The van der Waals surface area contributed by atoms with Crippen LogP contribution in [0.25, 0.3) is 11.4 Å². The lowest BCUT2D eigenvalue weighted by molar-refractivity contribution is -0.130. The molecule has 0 unspecified atom stereocenters. The van der Waals surface area contributed by atoms with Crippen molar-refractivity contribution in [3.05, 3.63) is 36.2 Å². The third kappa shape index (κ3) is 4.11. The predicted octanol–water partition coefficient (Wildman–Crippen LogP) is 1.74. The van der Waals surface area contributed by atoms with Crippen LogP contribution in [-0.4, -0.2) is 64.0 Å². The highest BCUT2D eigenvalue weighted by atomic mass is 32.2. The smallest absolute Gasteiger partial charge is 0.241 e. The standard InChI is InChI=1S/C16H20N4O2S/c1-23-12-15(21)20-9-7-19(8-10-20)11-14-17-16(18-22-14)13-5-3-2-4-6-13/h2-6H,7-12H2,1H3. The maximum absolute atomic E-state index is 11.9. The van der Waals surface area contributed by atoms with Crippen LogP contribution in [0.3, 0.4) is 0 Å². The summed E-state index contributed by atoms with van der Waals surface area (Å²) in [5.41, 5.74) is 0.954. The molecule has 2 aromatic rings. The van der Waals surface area contributed by atoms with Crippen molar-refractivity contribution in [2.75, 3.05) is 38.2 Å². The van der Waals surface area contributed by atoms with E-state index in [1.165, 1.54) is 0 Å². The minimum absolute atomic E-state index is 0.223. The largest absolute Gasteiger partial charge is 0.339 e. The molecule has 0 aliphatic carbocycles. The molecule has 1 aromatic heterocycles. The molecule has 0 radical (unpaired) electrons. The number of piperazine rings is 1. The highest BCUT2D eigenvalue weighted by molar-refractivity contribution is 7.99. The van der Waals surface area contributed by atoms with Crippen molar-refractivity contribution in [1.29, 1.82) is 0 Å². The molecule has 2 heterocycles. The van der Waals surface area contributed by atoms with Gasteiger partial charge in [0.25, 0.3) is 0 Å². The molecule has 1 aromatic carbocycles. The van der Waals surface area contributed by atoms with Crippen LogP contribution < -0.4 is 0 Å². The Morgan fingerprint density at radius 3 is 2.65 bits per heavy atom. The minimum atomic E-state index is 0.223. The molecule has 1 saturated heterocycles. The zero-order valence-corrected chi connectivity index (χ0v) is 14.0. The summed E-state index contributed by atoms with van der Waals surface area (Å²) in [6.45, 7) is 3.83. The van der Waals surface area contributed by atoms with E-state index in [4.69, 9.17) is 4.52 Å². The van der Waals surface area contributed by atoms with Gasteiger partial charge in [0.1, 0.15) is 0 Å². The molecule has 122 valence electrons. The molecule has 0 atom stereocenters. The monoisotopic (exact) mass is 332 g/mol. The number of benzene rings is 1. The van der Waals surface area contributed by atoms with Crippen LogP contribution in [0, 0.1) is 0 Å². The zero-order valence-electron chi connectivity index (χ0n) is 13.1. The molecule has 1 aliphatic rings. The van der Waals surface area contributed by atoms with E-state index in [0.29, 0.717) is 24.0 Å². The fourth-order valence-electron chi connectivity index (χ4n) is 2.59. The molecule has 1 fully saturated rings. The lowest BCUT2D eigenvalue weighted by atomic mass is 10.2. The second-order valence-corrected chi connectivity index (χ2v) is 6.33. The Hall–Kier alpha value is -1.86. The first-order chi connectivity index (χ1) is 11.3. The lowest BCUT2D eigenvalue weighted by Crippen LogP contribution is -2.48. The zero-order chi connectivity index (χ0) is 16.1. The molecule has 0 bridgehead atoms. The summed E-state index contributed by atoms with van der Waals surface area (Å²) >= 11 is 1.57. The van der Waals surface area contributed by atoms with E-state index >= 15 is 0 Å². The topological polar surface area (TPSA) is 62.5 Å². The molecular formula is C16H20N4O2S. The summed E-state index contributed by atoms with van der Waals surface area (Å²) in [5, 5.41) is 4.04. The van der Waals surface area contributed by atoms with Crippen molar-refractivity contribution in [2.45, 2.75) is 6.54 Å². The van der Waals surface area contributed by atoms with Crippen LogP contribution in [-0.2, 0) is 11.3 Å². The molecule has 3 rings (SSSR count). The van der Waals surface area contributed by atoms with Gasteiger partial charge in [-0.2, -0.15) is 16.7 Å². The molecule has 1 amide bonds. The number of nitrogens with zero attached hydrogens (tertiary/aromatic N) is 4. The summed E-state index contributed by atoms with van der Waals surface area (Å²) in [6.07, 6.45) is 1.95. The van der Waals surface area contributed by atoms with Crippen molar-refractivity contribution < 1.29 is 9.32 Å². The highest BCUT2D eigenvalue weighted by Gasteiger charge is 2.22. The number of carbonyl (C=O) groups is 1. The van der Waals surface area contributed by atoms with Crippen molar-refractivity contribution in [1.82, 2.24) is 19.9 Å². The minimum Gasteiger partial charge on any atom is -0.339 e. The molecule has 1 aliphatic heterocycles. The first-order valence-electron chi connectivity index (χ1n) is 7.63. The summed E-state index contributed by atoms with van der Waals surface area (Å²) in [5.74, 6) is 2.02. The van der Waals surface area contributed by atoms with Crippen molar-refractivity contribution in [2.24, 2.45) is 0 Å². The van der Waals surface area contributed by atoms with Crippen molar-refractivity contribution in [3.8, 4) is 11.4 Å². The molecule has 23 heavy (non-hydrogen) atoms. The highest BCUT2D eigenvalue weighted by Crippen LogP contribution is 2.16. The summed E-state index contributed by atoms with van der Waals surface area (Å²) in [6, 6.07) is 9.80. The number of hydrogen-bond donors (Lipinski definition) is 0. The van der Waals surface area contributed by atoms with Gasteiger partial charge in [-0.3, -0.25) is 9.69 Å². The average molecular weight is 332 g/mol. The third-order valence-electron chi connectivity index (χ3n) is 3.85. The summed E-state index contributed by atoms with van der Waals surface area (Å²) in [7, 11) is 0. The number of aromatic nitrogens is 2. The van der Waals surface area contributed by atoms with Crippen LogP contribution in [0.4, 0.5) is 0 Å². The van der Waals surface area contributed by atoms with Gasteiger partial charge < -0.3 is 9.42 Å². The van der Waals surface area contributed by atoms with Crippen molar-refractivity contribution in [3.63, 3.8) is 0 Å². The number of carbonyl (C=O) groups excluding carboxylic acids is 1. The maximum Gasteiger partial charge on any atom is 0.241 e. The number of thioether (sulfide) groups is 1. The van der Waals surface area contributed by atoms with E-state index in [0.717, 1.165) is 31.7 Å². The first kappa shape index (κ1) is 16.0. The number of hydrogen-bond acceptors (Lipinski definition) is 6. The number of rotatable bonds is 5. The molecule has 0 N–H and O–H groups in total. The van der Waals surface area contributed by atoms with Gasteiger partial charge in [0.05, 0.1) is 12.3 Å². The van der Waals surface area contributed by atoms with Gasteiger partial charge in [-0.15, -0.1) is 0 Å². The molecule has 7 heteroatoms. The molecule has 0 saturated carbocycles. The Morgan fingerprint density at radius 2 is 1.96 bits per heavy atom. The van der Waals surface area contributed by atoms with E-state index in [2.05, 4.69) is 15.0 Å². The molecule has 0 spiro atoms. The Kier molecular flexibility index (Phi) is 5.30. The van der Waals surface area contributed by atoms with Gasteiger partial charge in [0.15, 0.2) is 0 Å². The van der Waals surface area contributed by atoms with E-state index in [1.54, 1.807) is 11.8 Å². The normalized spacial score (nSPS) is 15.8. The third-order valence-corrected chi connectivity index (χ3v) is 4.39. The van der Waals surface area contributed by atoms with Crippen LogP contribution in [0.1, 0.15) is 5.89 Å². The SMILES string of the molecule is CSCC(=O)N1CCN(Cc2nc(-c3ccccc3)no2)CC1. The van der Waals surface area contributed by atoms with E-state index < -0.39 is 0 Å². The van der Waals surface area contributed by atoms with Gasteiger partial charge >= 0.3 is 0 Å². The van der Waals surface area contributed by atoms with Crippen LogP contribution >= 0.6 is 11.8 Å². The Balaban J connectivity index is 1.53. The maximum atomic E-state index is 11.9. The van der Waals surface area contributed by atoms with Gasteiger partial charge in [-0.05, 0) is 6.26 Å². The summed E-state index contributed by atoms with van der Waals surface area (Å²) < 4.78 is 5.35. The quantitative estimate of drug-likeness (QED) is 0.831. The van der Waals surface area contributed by atoms with E-state index in [9.17, 15) is 4.79 Å². The van der Waals surface area contributed by atoms with Gasteiger partial charge in [0, 0.05) is 31.7 Å². The second-order valence-electron chi connectivity index (χ2n) is 5.47. The Morgan fingerprint density at radius 1 is 1.22 bits per heavy atom. The van der Waals surface area contributed by atoms with E-state index in [-0.39, 0.29) is 5.91 Å². The second kappa shape index (κ2) is 7.61. The fourth-order valence-corrected chi connectivity index (χ4v) is 3.01. The molecule has 6 nitrogen and oxygen atoms in total. The average Bonchev–Trinajstić information content (AvgIpc) is 3.05. The van der Waals surface area contributed by atoms with Gasteiger partial charge in [-0.25, -0.2) is 0 Å². The summed E-state index contributed by atoms with van der Waals surface area (Å²) in [4.78, 5) is 20.5. The van der Waals surface area contributed by atoms with E-state index in [1.807, 2.05) is 41.5 Å². The lowest BCUT2D eigenvalue weighted by Gasteiger charge is -2.33. The molecular weight excluding hydrogens is 312 g/mol. The first-order valence-corrected chi connectivity index (χ1v) is 9.02. The van der Waals surface area contributed by atoms with Gasteiger partial charge in [-0.1, -0.05) is 35.5 Å². The number of amides is 1. The fraction of sp³-hybridized carbons (Fsp3) is 0.438. The van der Waals surface area contributed by atoms with Crippen LogP contribution in [0.2, 0.25) is 0 Å². The Labute approximate surface area is 139 Å². The Bertz CT molecular complexity index is 639. The van der Waals surface area contributed by atoms with Crippen molar-refractivity contribution >= 4 is 17.7 Å². The van der Waals surface area contributed by atoms with Gasteiger partial charge in [0.2, 0.25) is 17.6 Å². The predicted molar refractivity (Wildman–Crippen MR) is 90.0 cm³/mol.